The Hall–Kier alpha value is -6.25. The normalized spacial score (nSPS) is 19.8. The van der Waals surface area contributed by atoms with Crippen LogP contribution in [0.3, 0.4) is 0 Å². The lowest BCUT2D eigenvalue weighted by Gasteiger charge is -2.46. The minimum Gasteiger partial charge on any atom is -0.496 e. The topological polar surface area (TPSA) is 134 Å². The van der Waals surface area contributed by atoms with Gasteiger partial charge in [0.1, 0.15) is 17.8 Å². The third-order valence-corrected chi connectivity index (χ3v) is 13.5. The molecule has 0 aromatic heterocycles. The number of aldehydes is 1. The van der Waals surface area contributed by atoms with Crippen molar-refractivity contribution in [2.24, 2.45) is 0 Å². The zero-order valence-electron chi connectivity index (χ0n) is 39.9. The Morgan fingerprint density at radius 3 is 1.35 bits per heavy atom. The zero-order valence-corrected chi connectivity index (χ0v) is 39.9. The van der Waals surface area contributed by atoms with Gasteiger partial charge in [0.05, 0.1) is 109 Å². The zero-order chi connectivity index (χ0) is 47.4. The molecule has 6 rings (SSSR count). The van der Waals surface area contributed by atoms with Gasteiger partial charge >= 0.3 is 11.9 Å². The lowest BCUT2D eigenvalue weighted by Crippen LogP contribution is -2.52. The molecule has 4 aromatic carbocycles. The molecular weight excluding hydrogens is 845 g/mol. The van der Waals surface area contributed by atoms with Crippen LogP contribution < -0.4 is 33.2 Å². The molecule has 14 heteroatoms. The van der Waals surface area contributed by atoms with Crippen molar-refractivity contribution in [1.29, 1.82) is 0 Å². The Kier molecular flexibility index (Phi) is 16.6. The van der Waals surface area contributed by atoms with E-state index in [0.717, 1.165) is 79.6 Å². The van der Waals surface area contributed by atoms with Gasteiger partial charge < -0.3 is 51.6 Å². The van der Waals surface area contributed by atoms with Crippen molar-refractivity contribution < 1.29 is 66.0 Å². The summed E-state index contributed by atoms with van der Waals surface area (Å²) in [5, 5.41) is 0. The summed E-state index contributed by atoms with van der Waals surface area (Å²) >= 11 is 0. The highest BCUT2D eigenvalue weighted by Crippen LogP contribution is 2.44. The number of quaternary nitrogens is 2. The number of benzene rings is 4. The molecule has 0 amide bonds. The van der Waals surface area contributed by atoms with Crippen molar-refractivity contribution in [2.45, 2.75) is 50.6 Å². The average molecular weight is 911 g/mol. The lowest BCUT2D eigenvalue weighted by molar-refractivity contribution is -0.941. The van der Waals surface area contributed by atoms with Crippen molar-refractivity contribution in [3.8, 4) is 40.2 Å². The summed E-state index contributed by atoms with van der Waals surface area (Å²) in [6.07, 6.45) is 7.34. The molecule has 0 saturated carbocycles. The van der Waals surface area contributed by atoms with Gasteiger partial charge in [0.2, 0.25) is 0 Å². The van der Waals surface area contributed by atoms with Crippen LogP contribution in [0.2, 0.25) is 0 Å². The highest BCUT2D eigenvalue weighted by Gasteiger charge is 2.41. The molecule has 14 nitrogen and oxygen atoms in total. The lowest BCUT2D eigenvalue weighted by atomic mass is 9.85. The second-order valence-corrected chi connectivity index (χ2v) is 17.4. The van der Waals surface area contributed by atoms with E-state index in [1.165, 1.54) is 11.1 Å². The largest absolute Gasteiger partial charge is 0.496 e. The number of esters is 2. The summed E-state index contributed by atoms with van der Waals surface area (Å²) in [6.45, 7) is 3.53. The third kappa shape index (κ3) is 11.2. The fourth-order valence-corrected chi connectivity index (χ4v) is 9.74. The first-order valence-corrected chi connectivity index (χ1v) is 22.4. The number of hydrogen-bond donors (Lipinski definition) is 0. The maximum Gasteiger partial charge on any atom is 0.331 e. The molecule has 0 radical (unpaired) electrons. The first-order chi connectivity index (χ1) is 31.9. The molecule has 66 heavy (non-hydrogen) atoms. The molecule has 1 unspecified atom stereocenters. The van der Waals surface area contributed by atoms with Gasteiger partial charge in [-0.1, -0.05) is 12.1 Å². The molecule has 4 aromatic rings. The highest BCUT2D eigenvalue weighted by molar-refractivity contribution is 5.91. The van der Waals surface area contributed by atoms with Crippen LogP contribution in [0.5, 0.6) is 40.2 Å². The van der Waals surface area contributed by atoms with Crippen LogP contribution in [0.4, 0.5) is 0 Å². The van der Waals surface area contributed by atoms with Gasteiger partial charge in [-0.2, -0.15) is 0 Å². The Morgan fingerprint density at radius 2 is 0.924 bits per heavy atom. The Labute approximate surface area is 389 Å². The van der Waals surface area contributed by atoms with Crippen LogP contribution in [0.15, 0.2) is 72.8 Å². The number of carbonyl (C=O) groups excluding carboxylic acids is 3. The molecule has 0 bridgehead atoms. The Bertz CT molecular complexity index is 2380. The average Bonchev–Trinajstić information content (AvgIpc) is 3.34. The number of rotatable bonds is 22. The fourth-order valence-electron chi connectivity index (χ4n) is 9.74. The number of fused-ring (bicyclic) bond motifs is 2. The van der Waals surface area contributed by atoms with Crippen LogP contribution in [-0.4, -0.2) is 130 Å². The SMILES string of the molecule is COc1cc2c(cc1C=O)[C@@H](Cc1ccc(OC)c(OC)c1)[N+](C)(CCCOC(=O)/C=C/C(=O)OCCC[N@+]1(C)CCc3cc(OC)c(OC)cc3[C@H]1Cc1ccc(OC)c(OC)c1)CC2. The Balaban J connectivity index is 1.04. The standard InChI is InChI=1S/C52H66N2O12/c1-53(22-18-37-31-46(60-5)39(34-55)30-40(37)42(53)26-35-12-14-44(58-3)47(28-35)61-6)20-10-24-65-51(56)16-17-52(57)66-25-11-21-54(2)23-19-38-32-49(63-8)50(64-9)33-41(38)43(54)27-36-13-15-45(59-4)48(29-36)62-7/h12-17,28-34,42-43H,10-11,18-27H2,1-9H3/q+2/b17-16+/t42-,43-,53?,54-/m1/s1. The van der Waals surface area contributed by atoms with E-state index < -0.39 is 11.9 Å². The highest BCUT2D eigenvalue weighted by atomic mass is 16.5. The number of carbonyl (C=O) groups is 3. The summed E-state index contributed by atoms with van der Waals surface area (Å²) in [6, 6.07) is 20.1. The van der Waals surface area contributed by atoms with Crippen molar-refractivity contribution in [3.05, 3.63) is 112 Å². The molecule has 0 spiro atoms. The number of hydrogen-bond acceptors (Lipinski definition) is 12. The smallest absolute Gasteiger partial charge is 0.331 e. The van der Waals surface area contributed by atoms with Gasteiger partial charge in [0.25, 0.3) is 0 Å². The van der Waals surface area contributed by atoms with Crippen LogP contribution in [0.25, 0.3) is 0 Å². The van der Waals surface area contributed by atoms with Crippen molar-refractivity contribution in [2.75, 3.05) is 103 Å². The second kappa shape index (κ2) is 22.3. The predicted molar refractivity (Wildman–Crippen MR) is 249 cm³/mol. The first-order valence-electron chi connectivity index (χ1n) is 22.4. The summed E-state index contributed by atoms with van der Waals surface area (Å²) in [5.74, 6) is 3.37. The first kappa shape index (κ1) is 49.2. The number of ether oxygens (including phenoxy) is 9. The van der Waals surface area contributed by atoms with Crippen LogP contribution >= 0.6 is 0 Å². The van der Waals surface area contributed by atoms with Crippen molar-refractivity contribution >= 4 is 18.2 Å². The van der Waals surface area contributed by atoms with E-state index in [1.807, 2.05) is 42.5 Å². The molecule has 0 N–H and O–H groups in total. The Morgan fingerprint density at radius 1 is 0.530 bits per heavy atom. The molecule has 2 aliphatic heterocycles. The third-order valence-electron chi connectivity index (χ3n) is 13.5. The maximum atomic E-state index is 12.8. The summed E-state index contributed by atoms with van der Waals surface area (Å²) in [4.78, 5) is 37.7. The molecule has 0 saturated heterocycles. The van der Waals surface area contributed by atoms with Gasteiger partial charge in [-0.05, 0) is 70.8 Å². The predicted octanol–water partition coefficient (Wildman–Crippen LogP) is 7.26. The van der Waals surface area contributed by atoms with Crippen molar-refractivity contribution in [1.82, 2.24) is 0 Å². The van der Waals surface area contributed by atoms with E-state index in [-0.39, 0.29) is 25.3 Å². The van der Waals surface area contributed by atoms with Gasteiger partial charge in [0, 0.05) is 61.8 Å². The number of methoxy groups -OCH3 is 7. The van der Waals surface area contributed by atoms with E-state index in [0.29, 0.717) is 80.6 Å². The molecule has 2 heterocycles. The fraction of sp³-hybridized carbons (Fsp3) is 0.442. The van der Waals surface area contributed by atoms with Gasteiger partial charge in [-0.15, -0.1) is 0 Å². The van der Waals surface area contributed by atoms with Crippen LogP contribution in [0, 0.1) is 0 Å². The molecule has 0 aliphatic carbocycles. The van der Waals surface area contributed by atoms with E-state index >= 15 is 0 Å². The monoisotopic (exact) mass is 910 g/mol. The van der Waals surface area contributed by atoms with Gasteiger partial charge in [-0.25, -0.2) is 9.59 Å². The van der Waals surface area contributed by atoms with Crippen LogP contribution in [-0.2, 0) is 44.7 Å². The van der Waals surface area contributed by atoms with Gasteiger partial charge in [-0.3, -0.25) is 4.79 Å². The summed E-state index contributed by atoms with van der Waals surface area (Å²) in [7, 11) is 15.8. The van der Waals surface area contributed by atoms with E-state index in [9.17, 15) is 14.4 Å². The van der Waals surface area contributed by atoms with E-state index in [2.05, 4.69) is 32.3 Å². The maximum absolute atomic E-state index is 12.8. The molecule has 0 fully saturated rings. The minimum absolute atomic E-state index is 0.00627. The minimum atomic E-state index is -0.613. The van der Waals surface area contributed by atoms with Crippen LogP contribution in [0.1, 0.15) is 68.7 Å². The summed E-state index contributed by atoms with van der Waals surface area (Å²) in [5.41, 5.74) is 7.32. The number of nitrogens with zero attached hydrogens (tertiary/aromatic N) is 2. The van der Waals surface area contributed by atoms with E-state index in [1.54, 1.807) is 49.8 Å². The number of likely N-dealkylation sites (N-methyl/N-ethyl adjacent to an activating group) is 2. The van der Waals surface area contributed by atoms with Crippen molar-refractivity contribution in [3.63, 3.8) is 0 Å². The quantitative estimate of drug-likeness (QED) is 0.0259. The van der Waals surface area contributed by atoms with Gasteiger partial charge in [0.15, 0.2) is 40.8 Å². The van der Waals surface area contributed by atoms with E-state index in [4.69, 9.17) is 42.6 Å². The molecule has 2 aliphatic rings. The molecule has 354 valence electrons. The molecular formula is C52H66N2O12+2. The molecule has 4 atom stereocenters. The summed E-state index contributed by atoms with van der Waals surface area (Å²) < 4.78 is 51.6. The second-order valence-electron chi connectivity index (χ2n) is 17.4.